The lowest BCUT2D eigenvalue weighted by molar-refractivity contribution is 0.378. The van der Waals surface area contributed by atoms with E-state index in [0.29, 0.717) is 29.6 Å². The molecule has 3 rings (SSSR count). The smallest absolute Gasteiger partial charge is 0.231 e. The van der Waals surface area contributed by atoms with Crippen LogP contribution in [0.15, 0.2) is 53.1 Å². The van der Waals surface area contributed by atoms with E-state index >= 15 is 0 Å². The predicted molar refractivity (Wildman–Crippen MR) is 79.5 cm³/mol. The summed E-state index contributed by atoms with van der Waals surface area (Å²) in [6, 6.07) is 14.7. The minimum Gasteiger partial charge on any atom is -0.508 e. The number of benzene rings is 2. The van der Waals surface area contributed by atoms with Crippen LogP contribution in [-0.4, -0.2) is 15.2 Å². The van der Waals surface area contributed by atoms with Crippen molar-refractivity contribution in [2.45, 2.75) is 12.8 Å². The Hall–Kier alpha value is -2.33. The number of hydrogen-bond donors (Lipinski definition) is 1. The second-order valence-electron chi connectivity index (χ2n) is 4.72. The molecule has 0 saturated carbocycles. The summed E-state index contributed by atoms with van der Waals surface area (Å²) in [6.45, 7) is 0. The third-order valence-corrected chi connectivity index (χ3v) is 3.33. The lowest BCUT2D eigenvalue weighted by atomic mass is 10.1. The van der Waals surface area contributed by atoms with Gasteiger partial charge in [0.05, 0.1) is 6.42 Å². The molecule has 4 nitrogen and oxygen atoms in total. The average molecular weight is 301 g/mol. The Labute approximate surface area is 127 Å². The van der Waals surface area contributed by atoms with Crippen molar-refractivity contribution in [1.29, 1.82) is 0 Å². The molecule has 2 aromatic carbocycles. The Balaban J connectivity index is 1.73. The van der Waals surface area contributed by atoms with Gasteiger partial charge in [0.15, 0.2) is 5.82 Å². The van der Waals surface area contributed by atoms with Crippen LogP contribution in [0.4, 0.5) is 0 Å². The van der Waals surface area contributed by atoms with Gasteiger partial charge in [-0.1, -0.05) is 47.1 Å². The molecule has 3 aromatic rings. The van der Waals surface area contributed by atoms with Crippen LogP contribution in [0, 0.1) is 0 Å². The highest BCUT2D eigenvalue weighted by Crippen LogP contribution is 2.19. The summed E-state index contributed by atoms with van der Waals surface area (Å²) in [5.41, 5.74) is 1.79. The average Bonchev–Trinajstić information content (AvgIpc) is 2.89. The van der Waals surface area contributed by atoms with Crippen LogP contribution in [0.2, 0.25) is 5.02 Å². The molecule has 0 aliphatic heterocycles. The highest BCUT2D eigenvalue weighted by atomic mass is 35.5. The third kappa shape index (κ3) is 3.41. The lowest BCUT2D eigenvalue weighted by Crippen LogP contribution is -1.92. The predicted octanol–water partition coefficient (Wildman–Crippen LogP) is 3.61. The van der Waals surface area contributed by atoms with Crippen molar-refractivity contribution >= 4 is 11.6 Å². The topological polar surface area (TPSA) is 59.2 Å². The van der Waals surface area contributed by atoms with E-state index in [1.54, 1.807) is 12.1 Å². The zero-order chi connectivity index (χ0) is 14.7. The minimum atomic E-state index is 0.229. The zero-order valence-corrected chi connectivity index (χ0v) is 11.9. The molecule has 1 N–H and O–H groups in total. The van der Waals surface area contributed by atoms with Gasteiger partial charge in [0.25, 0.3) is 0 Å². The molecule has 0 aliphatic carbocycles. The molecule has 0 bridgehead atoms. The molecule has 0 fully saturated rings. The molecule has 106 valence electrons. The molecular weight excluding hydrogens is 288 g/mol. The number of hydrogen-bond acceptors (Lipinski definition) is 4. The molecule has 0 amide bonds. The van der Waals surface area contributed by atoms with Gasteiger partial charge >= 0.3 is 0 Å². The summed E-state index contributed by atoms with van der Waals surface area (Å²) in [5.74, 6) is 1.31. The van der Waals surface area contributed by atoms with Crippen molar-refractivity contribution in [3.63, 3.8) is 0 Å². The molecule has 5 heteroatoms. The minimum absolute atomic E-state index is 0.229. The summed E-state index contributed by atoms with van der Waals surface area (Å²) in [7, 11) is 0. The van der Waals surface area contributed by atoms with E-state index in [-0.39, 0.29) is 5.75 Å². The van der Waals surface area contributed by atoms with Crippen LogP contribution >= 0.6 is 11.6 Å². The highest BCUT2D eigenvalue weighted by Gasteiger charge is 2.10. The summed E-state index contributed by atoms with van der Waals surface area (Å²) >= 11 is 5.95. The molecule has 1 heterocycles. The highest BCUT2D eigenvalue weighted by molar-refractivity contribution is 6.30. The van der Waals surface area contributed by atoms with Gasteiger partial charge in [0.2, 0.25) is 5.89 Å². The van der Waals surface area contributed by atoms with Crippen molar-refractivity contribution < 1.29 is 9.63 Å². The summed E-state index contributed by atoms with van der Waals surface area (Å²) in [4.78, 5) is 4.34. The number of nitrogens with zero attached hydrogens (tertiary/aromatic N) is 2. The van der Waals surface area contributed by atoms with Crippen LogP contribution < -0.4 is 0 Å². The van der Waals surface area contributed by atoms with Gasteiger partial charge in [0, 0.05) is 17.0 Å². The second-order valence-corrected chi connectivity index (χ2v) is 5.15. The van der Waals surface area contributed by atoms with Gasteiger partial charge in [-0.25, -0.2) is 0 Å². The number of aromatic hydroxyl groups is 1. The Morgan fingerprint density at radius 2 is 1.90 bits per heavy atom. The molecule has 1 aromatic heterocycles. The quantitative estimate of drug-likeness (QED) is 0.799. The fourth-order valence-electron chi connectivity index (χ4n) is 2.09. The van der Waals surface area contributed by atoms with Crippen LogP contribution in [-0.2, 0) is 12.8 Å². The summed E-state index contributed by atoms with van der Waals surface area (Å²) in [5, 5.41) is 14.4. The number of phenols is 1. The van der Waals surface area contributed by atoms with Crippen LogP contribution in [0.3, 0.4) is 0 Å². The van der Waals surface area contributed by atoms with E-state index in [0.717, 1.165) is 11.1 Å². The van der Waals surface area contributed by atoms with Crippen molar-refractivity contribution in [1.82, 2.24) is 10.1 Å². The summed E-state index contributed by atoms with van der Waals surface area (Å²) in [6.07, 6.45) is 0.972. The molecule has 0 aliphatic rings. The monoisotopic (exact) mass is 300 g/mol. The lowest BCUT2D eigenvalue weighted by Gasteiger charge is -1.99. The van der Waals surface area contributed by atoms with Crippen LogP contribution in [0.1, 0.15) is 22.8 Å². The fraction of sp³-hybridized carbons (Fsp3) is 0.125. The maximum absolute atomic E-state index is 9.74. The normalized spacial score (nSPS) is 10.7. The number of phenolic OH excluding ortho intramolecular Hbond substituents is 1. The largest absolute Gasteiger partial charge is 0.508 e. The first-order valence-electron chi connectivity index (χ1n) is 6.53. The van der Waals surface area contributed by atoms with Gasteiger partial charge in [-0.2, -0.15) is 4.98 Å². The molecule has 0 radical (unpaired) electrons. The maximum Gasteiger partial charge on any atom is 0.231 e. The number of halogens is 1. The third-order valence-electron chi connectivity index (χ3n) is 3.09. The Morgan fingerprint density at radius 3 is 2.71 bits per heavy atom. The molecule has 0 unspecified atom stereocenters. The first kappa shape index (κ1) is 13.6. The SMILES string of the molecule is Oc1ccccc1Cc1nc(Cc2cccc(Cl)c2)no1. The van der Waals surface area contributed by atoms with E-state index in [4.69, 9.17) is 16.1 Å². The molecule has 21 heavy (non-hydrogen) atoms. The molecule has 0 atom stereocenters. The van der Waals surface area contributed by atoms with Crippen LogP contribution in [0.5, 0.6) is 5.75 Å². The van der Waals surface area contributed by atoms with E-state index in [1.165, 1.54) is 0 Å². The van der Waals surface area contributed by atoms with Gasteiger partial charge in [0.1, 0.15) is 5.75 Å². The summed E-state index contributed by atoms with van der Waals surface area (Å²) < 4.78 is 5.22. The van der Waals surface area contributed by atoms with E-state index in [2.05, 4.69) is 10.1 Å². The first-order chi connectivity index (χ1) is 10.2. The number of rotatable bonds is 4. The Morgan fingerprint density at radius 1 is 1.05 bits per heavy atom. The zero-order valence-electron chi connectivity index (χ0n) is 11.2. The van der Waals surface area contributed by atoms with E-state index in [1.807, 2.05) is 36.4 Å². The maximum atomic E-state index is 9.74. The number of aromatic nitrogens is 2. The van der Waals surface area contributed by atoms with Gasteiger partial charge in [-0.05, 0) is 23.8 Å². The van der Waals surface area contributed by atoms with Gasteiger partial charge in [-0.3, -0.25) is 0 Å². The van der Waals surface area contributed by atoms with Crippen LogP contribution in [0.25, 0.3) is 0 Å². The van der Waals surface area contributed by atoms with Gasteiger partial charge < -0.3 is 9.63 Å². The van der Waals surface area contributed by atoms with Crippen molar-refractivity contribution in [2.75, 3.05) is 0 Å². The fourth-order valence-corrected chi connectivity index (χ4v) is 2.30. The molecular formula is C16H13ClN2O2. The molecule has 0 saturated heterocycles. The van der Waals surface area contributed by atoms with E-state index < -0.39 is 0 Å². The van der Waals surface area contributed by atoms with Crippen molar-refractivity contribution in [3.8, 4) is 5.75 Å². The number of para-hydroxylation sites is 1. The van der Waals surface area contributed by atoms with E-state index in [9.17, 15) is 5.11 Å². The van der Waals surface area contributed by atoms with Gasteiger partial charge in [-0.15, -0.1) is 0 Å². The van der Waals surface area contributed by atoms with Crippen molar-refractivity contribution in [2.24, 2.45) is 0 Å². The second kappa shape index (κ2) is 5.97. The Kier molecular flexibility index (Phi) is 3.88. The standard InChI is InChI=1S/C16H13ClN2O2/c17-13-6-3-4-11(8-13)9-15-18-16(21-19-15)10-12-5-1-2-7-14(12)20/h1-8,20H,9-10H2. The molecule has 0 spiro atoms. The van der Waals surface area contributed by atoms with Crippen molar-refractivity contribution in [3.05, 3.63) is 76.4 Å². The Bertz CT molecular complexity index is 755. The first-order valence-corrected chi connectivity index (χ1v) is 6.91.